The smallest absolute Gasteiger partial charge is 0.451 e. The molecule has 0 amide bonds. The molecule has 1 heterocycles. The van der Waals surface area contributed by atoms with Crippen LogP contribution in [0.1, 0.15) is 64.1 Å². The molecule has 1 aromatic heterocycles. The van der Waals surface area contributed by atoms with E-state index in [1.165, 1.54) is 0 Å². The van der Waals surface area contributed by atoms with E-state index in [1.807, 2.05) is 31.2 Å². The van der Waals surface area contributed by atoms with Crippen LogP contribution in [0.2, 0.25) is 5.02 Å². The Kier molecular flexibility index (Phi) is 8.34. The lowest BCUT2D eigenvalue weighted by molar-refractivity contribution is -0.0660. The highest BCUT2D eigenvalue weighted by atomic mass is 35.5. The van der Waals surface area contributed by atoms with Crippen molar-refractivity contribution < 1.29 is 19.0 Å². The molecule has 1 atom stereocenters. The summed E-state index contributed by atoms with van der Waals surface area (Å²) in [5, 5.41) is 14.9. The van der Waals surface area contributed by atoms with Gasteiger partial charge in [-0.15, -0.1) is 0 Å². The van der Waals surface area contributed by atoms with Crippen LogP contribution < -0.4 is 0 Å². The number of hydrogen-bond acceptors (Lipinski definition) is 6. The van der Waals surface area contributed by atoms with Crippen molar-refractivity contribution in [3.8, 4) is 6.07 Å². The van der Waals surface area contributed by atoms with Gasteiger partial charge in [-0.25, -0.2) is 4.79 Å². The van der Waals surface area contributed by atoms with Crippen molar-refractivity contribution in [1.82, 2.24) is 9.78 Å². The van der Waals surface area contributed by atoms with Gasteiger partial charge in [-0.05, 0) is 37.3 Å². The van der Waals surface area contributed by atoms with E-state index in [9.17, 15) is 10.1 Å². The summed E-state index contributed by atoms with van der Waals surface area (Å²) in [6, 6.07) is 9.92. The molecule has 172 valence electrons. The predicted octanol–water partition coefficient (Wildman–Crippen LogP) is 6.09. The van der Waals surface area contributed by atoms with Gasteiger partial charge in [-0.1, -0.05) is 56.6 Å². The number of carbonyl (C=O) groups excluding carboxylic acids is 1. The number of carbonyl (C=O) groups is 1. The summed E-state index contributed by atoms with van der Waals surface area (Å²) in [4.78, 5) is 11.8. The zero-order valence-electron chi connectivity index (χ0n) is 19.7. The minimum Gasteiger partial charge on any atom is -0.451 e. The van der Waals surface area contributed by atoms with Gasteiger partial charge in [0.2, 0.25) is 6.29 Å². The maximum atomic E-state index is 11.8. The predicted molar refractivity (Wildman–Crippen MR) is 124 cm³/mol. The number of aromatic nitrogens is 2. The van der Waals surface area contributed by atoms with E-state index in [-0.39, 0.29) is 23.4 Å². The lowest BCUT2D eigenvalue weighted by Crippen LogP contribution is -2.20. The molecule has 1 unspecified atom stereocenters. The van der Waals surface area contributed by atoms with Crippen molar-refractivity contribution >= 4 is 29.1 Å². The molecule has 8 heteroatoms. The summed E-state index contributed by atoms with van der Waals surface area (Å²) in [6.45, 7) is 13.9. The molecule has 32 heavy (non-hydrogen) atoms. The number of hydrogen-bond donors (Lipinski definition) is 0. The maximum Gasteiger partial charge on any atom is 0.511 e. The molecule has 2 rings (SSSR count). The Labute approximate surface area is 194 Å². The molecule has 0 aliphatic heterocycles. The van der Waals surface area contributed by atoms with Gasteiger partial charge in [0, 0.05) is 13.5 Å². The zero-order chi connectivity index (χ0) is 24.1. The van der Waals surface area contributed by atoms with Crippen LogP contribution in [0.15, 0.2) is 24.3 Å². The van der Waals surface area contributed by atoms with Gasteiger partial charge in [-0.3, -0.25) is 4.68 Å². The second-order valence-electron chi connectivity index (χ2n) is 8.19. The largest absolute Gasteiger partial charge is 0.511 e. The highest BCUT2D eigenvalue weighted by Crippen LogP contribution is 2.35. The van der Waals surface area contributed by atoms with Gasteiger partial charge in [0.1, 0.15) is 17.3 Å². The van der Waals surface area contributed by atoms with Crippen molar-refractivity contribution in [2.45, 2.75) is 66.7 Å². The third kappa shape index (κ3) is 5.83. The van der Waals surface area contributed by atoms with Crippen LogP contribution in [-0.4, -0.2) is 28.8 Å². The first kappa shape index (κ1) is 25.3. The van der Waals surface area contributed by atoms with E-state index < -0.39 is 12.4 Å². The van der Waals surface area contributed by atoms with Crippen LogP contribution in [0, 0.1) is 18.3 Å². The van der Waals surface area contributed by atoms with Gasteiger partial charge in [0.05, 0.1) is 17.3 Å². The number of rotatable bonds is 7. The van der Waals surface area contributed by atoms with Gasteiger partial charge >= 0.3 is 6.16 Å². The maximum absolute atomic E-state index is 11.8. The van der Waals surface area contributed by atoms with Crippen LogP contribution in [0.25, 0.3) is 11.3 Å². The summed E-state index contributed by atoms with van der Waals surface area (Å²) < 4.78 is 17.6. The van der Waals surface area contributed by atoms with Crippen molar-refractivity contribution in [1.29, 1.82) is 5.26 Å². The molecule has 0 aliphatic rings. The lowest BCUT2D eigenvalue weighted by Gasteiger charge is -2.21. The fourth-order valence-corrected chi connectivity index (χ4v) is 3.32. The second-order valence-corrected chi connectivity index (χ2v) is 8.57. The van der Waals surface area contributed by atoms with Crippen LogP contribution >= 0.6 is 11.6 Å². The molecule has 7 nitrogen and oxygen atoms in total. The Bertz CT molecular complexity index is 1030. The Balaban J connectivity index is 2.64. The van der Waals surface area contributed by atoms with Gasteiger partial charge < -0.3 is 14.2 Å². The fraction of sp³-hybridized carbons (Fsp3) is 0.458. The number of aryl methyl sites for hydroxylation is 2. The number of allylic oxidation sites excluding steroid dienone is 1. The van der Waals surface area contributed by atoms with Gasteiger partial charge in [0.25, 0.3) is 0 Å². The molecule has 2 aromatic rings. The highest BCUT2D eigenvalue weighted by Gasteiger charge is 2.26. The quantitative estimate of drug-likeness (QED) is 0.215. The summed E-state index contributed by atoms with van der Waals surface area (Å²) in [7, 11) is 0. The molecular weight excluding hydrogens is 430 g/mol. The number of halogens is 1. The molecule has 0 radical (unpaired) electrons. The van der Waals surface area contributed by atoms with Crippen molar-refractivity contribution in [2.75, 3.05) is 6.61 Å². The van der Waals surface area contributed by atoms with E-state index in [2.05, 4.69) is 31.9 Å². The lowest BCUT2D eigenvalue weighted by atomic mass is 9.86. The normalized spacial score (nSPS) is 13.1. The SMILES string of the molecule is CCOC(=O)OC(C)O/C(=C(/C#N)c1ccc(C(C)(C)C)cc1)c1c(Cl)c(C)nn1CC. The number of nitrogens with zero attached hydrogens (tertiary/aromatic N) is 3. The summed E-state index contributed by atoms with van der Waals surface area (Å²) in [5.74, 6) is 0.181. The minimum atomic E-state index is -1.03. The van der Waals surface area contributed by atoms with Gasteiger partial charge in [-0.2, -0.15) is 10.4 Å². The van der Waals surface area contributed by atoms with E-state index >= 15 is 0 Å². The average molecular weight is 460 g/mol. The average Bonchev–Trinajstić information content (AvgIpc) is 3.01. The molecule has 0 saturated carbocycles. The first-order valence-electron chi connectivity index (χ1n) is 10.5. The van der Waals surface area contributed by atoms with Crippen LogP contribution in [0.4, 0.5) is 4.79 Å². The highest BCUT2D eigenvalue weighted by molar-refractivity contribution is 6.33. The second kappa shape index (κ2) is 10.6. The molecule has 0 saturated heterocycles. The molecular formula is C24H30ClN3O4. The zero-order valence-corrected chi connectivity index (χ0v) is 20.4. The number of nitriles is 1. The number of ether oxygens (including phenoxy) is 3. The monoisotopic (exact) mass is 459 g/mol. The third-order valence-electron chi connectivity index (χ3n) is 4.76. The summed E-state index contributed by atoms with van der Waals surface area (Å²) >= 11 is 6.56. The van der Waals surface area contributed by atoms with Crippen LogP contribution in [0.5, 0.6) is 0 Å². The van der Waals surface area contributed by atoms with E-state index in [4.69, 9.17) is 25.8 Å². The third-order valence-corrected chi connectivity index (χ3v) is 5.21. The first-order valence-corrected chi connectivity index (χ1v) is 10.9. The Hall–Kier alpha value is -2.98. The standard InChI is InChI=1S/C24H30ClN3O4/c1-8-28-21(20(25)15(3)27-28)22(31-16(4)32-23(29)30-9-2)19(14-26)17-10-12-18(13-11-17)24(5,6)7/h10-13,16H,8-9H2,1-7H3/b22-19-. The van der Waals surface area contributed by atoms with E-state index in [1.54, 1.807) is 25.5 Å². The summed E-state index contributed by atoms with van der Waals surface area (Å²) in [6.07, 6.45) is -1.89. The molecule has 0 spiro atoms. The first-order chi connectivity index (χ1) is 15.0. The Morgan fingerprint density at radius 2 is 1.84 bits per heavy atom. The minimum absolute atomic E-state index is 0.0301. The topological polar surface area (TPSA) is 86.4 Å². The van der Waals surface area contributed by atoms with Crippen molar-refractivity contribution in [3.63, 3.8) is 0 Å². The van der Waals surface area contributed by atoms with Crippen LogP contribution in [0.3, 0.4) is 0 Å². The Morgan fingerprint density at radius 1 is 1.22 bits per heavy atom. The summed E-state index contributed by atoms with van der Waals surface area (Å²) in [5.41, 5.74) is 3.05. The van der Waals surface area contributed by atoms with Crippen LogP contribution in [-0.2, 0) is 26.2 Å². The molecule has 0 N–H and O–H groups in total. The van der Waals surface area contributed by atoms with Gasteiger partial charge in [0.15, 0.2) is 5.76 Å². The number of benzene rings is 1. The van der Waals surface area contributed by atoms with Crippen molar-refractivity contribution in [2.24, 2.45) is 0 Å². The molecule has 1 aromatic carbocycles. The molecule has 0 aliphatic carbocycles. The molecule has 0 bridgehead atoms. The Morgan fingerprint density at radius 3 is 2.34 bits per heavy atom. The fourth-order valence-electron chi connectivity index (χ4n) is 3.10. The molecule has 0 fully saturated rings. The van der Waals surface area contributed by atoms with Crippen molar-refractivity contribution in [3.05, 3.63) is 51.8 Å². The van der Waals surface area contributed by atoms with E-state index in [0.717, 1.165) is 5.56 Å². The van der Waals surface area contributed by atoms with E-state index in [0.29, 0.717) is 28.5 Å².